The number of aliphatic imine (C=N–C) groups is 1. The molecule has 0 saturated heterocycles. The van der Waals surface area contributed by atoms with Crippen molar-refractivity contribution in [3.05, 3.63) is 59.8 Å². The second-order valence-corrected chi connectivity index (χ2v) is 7.65. The second kappa shape index (κ2) is 10.8. The van der Waals surface area contributed by atoms with Crippen molar-refractivity contribution in [2.75, 3.05) is 27.3 Å². The molecule has 0 amide bonds. The van der Waals surface area contributed by atoms with E-state index in [0.717, 1.165) is 36.7 Å². The van der Waals surface area contributed by atoms with E-state index in [1.165, 1.54) is 19.3 Å². The quantitative estimate of drug-likeness (QED) is 0.475. The van der Waals surface area contributed by atoms with E-state index in [1.807, 2.05) is 42.5 Å². The first-order valence-corrected chi connectivity index (χ1v) is 10.3. The number of pyridine rings is 1. The fourth-order valence-corrected chi connectivity index (χ4v) is 3.56. The zero-order valence-corrected chi connectivity index (χ0v) is 17.5. The molecule has 6 heteroatoms. The molecule has 2 N–H and O–H groups in total. The number of hydrogen-bond acceptors (Lipinski definition) is 4. The molecule has 1 heterocycles. The Morgan fingerprint density at radius 3 is 2.66 bits per heavy atom. The molecule has 1 saturated carbocycles. The molecule has 2 aromatic rings. The molecule has 6 nitrogen and oxygen atoms in total. The Balaban J connectivity index is 1.46. The van der Waals surface area contributed by atoms with Crippen LogP contribution >= 0.6 is 0 Å². The Kier molecular flexibility index (Phi) is 7.87. The van der Waals surface area contributed by atoms with Gasteiger partial charge in [-0.05, 0) is 41.9 Å². The first-order chi connectivity index (χ1) is 14.2. The van der Waals surface area contributed by atoms with E-state index in [-0.39, 0.29) is 0 Å². The predicted octanol–water partition coefficient (Wildman–Crippen LogP) is 3.53. The van der Waals surface area contributed by atoms with E-state index < -0.39 is 0 Å². The molecule has 1 aliphatic carbocycles. The van der Waals surface area contributed by atoms with Crippen LogP contribution in [0.2, 0.25) is 0 Å². The normalized spacial score (nSPS) is 15.4. The standard InChI is InChI=1S/C23H32N4O2/c1-24-22(27-18-23(10-6-11-23)12-14-28-2)26-16-20-9-13-25-21(15-20)29-17-19-7-4-3-5-8-19/h3-5,7-9,13,15H,6,10-12,14,16-18H2,1-2H3,(H2,24,26,27). The SMILES string of the molecule is CN=C(NCc1ccnc(OCc2ccccc2)c1)NCC1(CCOC)CCC1. The summed E-state index contributed by atoms with van der Waals surface area (Å²) in [6.07, 6.45) is 6.70. The van der Waals surface area contributed by atoms with Crippen molar-refractivity contribution in [1.29, 1.82) is 0 Å². The molecule has 0 bridgehead atoms. The Hall–Kier alpha value is -2.60. The van der Waals surface area contributed by atoms with Gasteiger partial charge in [-0.25, -0.2) is 4.98 Å². The average Bonchev–Trinajstić information content (AvgIpc) is 2.74. The van der Waals surface area contributed by atoms with Gasteiger partial charge in [-0.15, -0.1) is 0 Å². The highest BCUT2D eigenvalue weighted by Crippen LogP contribution is 2.43. The van der Waals surface area contributed by atoms with Gasteiger partial charge in [-0.1, -0.05) is 36.8 Å². The van der Waals surface area contributed by atoms with Gasteiger partial charge < -0.3 is 20.1 Å². The minimum Gasteiger partial charge on any atom is -0.473 e. The molecule has 1 aromatic heterocycles. The third-order valence-corrected chi connectivity index (χ3v) is 5.59. The van der Waals surface area contributed by atoms with E-state index in [4.69, 9.17) is 9.47 Å². The maximum absolute atomic E-state index is 5.82. The third-order valence-electron chi connectivity index (χ3n) is 5.59. The summed E-state index contributed by atoms with van der Waals surface area (Å²) in [6.45, 7) is 2.92. The molecule has 0 spiro atoms. The van der Waals surface area contributed by atoms with Crippen LogP contribution in [-0.4, -0.2) is 38.3 Å². The summed E-state index contributed by atoms with van der Waals surface area (Å²) in [5.41, 5.74) is 2.58. The van der Waals surface area contributed by atoms with E-state index in [2.05, 4.69) is 20.6 Å². The number of nitrogens with zero attached hydrogens (tertiary/aromatic N) is 2. The minimum atomic E-state index is 0.350. The summed E-state index contributed by atoms with van der Waals surface area (Å²) in [6, 6.07) is 14.1. The smallest absolute Gasteiger partial charge is 0.213 e. The van der Waals surface area contributed by atoms with Crippen LogP contribution in [0.25, 0.3) is 0 Å². The van der Waals surface area contributed by atoms with Crippen molar-refractivity contribution < 1.29 is 9.47 Å². The number of hydrogen-bond donors (Lipinski definition) is 2. The fraction of sp³-hybridized carbons (Fsp3) is 0.478. The molecule has 1 aromatic carbocycles. The number of nitrogens with one attached hydrogen (secondary N) is 2. The molecule has 29 heavy (non-hydrogen) atoms. The second-order valence-electron chi connectivity index (χ2n) is 7.65. The lowest BCUT2D eigenvalue weighted by molar-refractivity contribution is 0.0732. The topological polar surface area (TPSA) is 67.8 Å². The van der Waals surface area contributed by atoms with Crippen molar-refractivity contribution in [3.8, 4) is 5.88 Å². The van der Waals surface area contributed by atoms with Gasteiger partial charge in [0.05, 0.1) is 0 Å². The van der Waals surface area contributed by atoms with Gasteiger partial charge >= 0.3 is 0 Å². The van der Waals surface area contributed by atoms with Crippen molar-refractivity contribution in [3.63, 3.8) is 0 Å². The number of aromatic nitrogens is 1. The minimum absolute atomic E-state index is 0.350. The Morgan fingerprint density at radius 1 is 1.14 bits per heavy atom. The average molecular weight is 397 g/mol. The van der Waals surface area contributed by atoms with Crippen molar-refractivity contribution >= 4 is 5.96 Å². The summed E-state index contributed by atoms with van der Waals surface area (Å²) >= 11 is 0. The van der Waals surface area contributed by atoms with Gasteiger partial charge in [0.15, 0.2) is 5.96 Å². The summed E-state index contributed by atoms with van der Waals surface area (Å²) in [5, 5.41) is 6.88. The molecule has 1 aliphatic rings. The largest absolute Gasteiger partial charge is 0.473 e. The molecule has 0 atom stereocenters. The lowest BCUT2D eigenvalue weighted by Crippen LogP contribution is -2.46. The van der Waals surface area contributed by atoms with E-state index >= 15 is 0 Å². The Labute approximate surface area is 173 Å². The van der Waals surface area contributed by atoms with Crippen LogP contribution in [0.5, 0.6) is 5.88 Å². The molecule has 0 unspecified atom stereocenters. The molecule has 156 valence electrons. The molecular weight excluding hydrogens is 364 g/mol. The molecule has 0 aliphatic heterocycles. The summed E-state index contributed by atoms with van der Waals surface area (Å²) in [4.78, 5) is 8.67. The maximum Gasteiger partial charge on any atom is 0.213 e. The van der Waals surface area contributed by atoms with Crippen LogP contribution in [0.1, 0.15) is 36.8 Å². The molecule has 0 radical (unpaired) electrons. The Morgan fingerprint density at radius 2 is 1.97 bits per heavy atom. The maximum atomic E-state index is 5.82. The zero-order chi connectivity index (χ0) is 20.4. The number of ether oxygens (including phenoxy) is 2. The van der Waals surface area contributed by atoms with Crippen LogP contribution in [-0.2, 0) is 17.9 Å². The Bertz CT molecular complexity index is 775. The zero-order valence-electron chi connectivity index (χ0n) is 17.5. The summed E-state index contributed by atoms with van der Waals surface area (Å²) in [5.74, 6) is 1.45. The number of guanidine groups is 1. The van der Waals surface area contributed by atoms with Gasteiger partial charge in [0.1, 0.15) is 6.61 Å². The van der Waals surface area contributed by atoms with Gasteiger partial charge in [-0.2, -0.15) is 0 Å². The van der Waals surface area contributed by atoms with E-state index in [0.29, 0.717) is 24.4 Å². The van der Waals surface area contributed by atoms with Gasteiger partial charge in [-0.3, -0.25) is 4.99 Å². The van der Waals surface area contributed by atoms with Crippen LogP contribution in [0.15, 0.2) is 53.7 Å². The first-order valence-electron chi connectivity index (χ1n) is 10.3. The van der Waals surface area contributed by atoms with E-state index in [1.54, 1.807) is 20.4 Å². The predicted molar refractivity (Wildman–Crippen MR) is 116 cm³/mol. The van der Waals surface area contributed by atoms with Gasteiger partial charge in [0.25, 0.3) is 0 Å². The third kappa shape index (κ3) is 6.46. The lowest BCUT2D eigenvalue weighted by Gasteiger charge is -2.42. The van der Waals surface area contributed by atoms with Crippen LogP contribution in [0, 0.1) is 5.41 Å². The van der Waals surface area contributed by atoms with Gasteiger partial charge in [0.2, 0.25) is 5.88 Å². The molecule has 1 fully saturated rings. The number of methoxy groups -OCH3 is 1. The molecular formula is C23H32N4O2. The lowest BCUT2D eigenvalue weighted by atomic mass is 9.67. The summed E-state index contributed by atoms with van der Waals surface area (Å²) < 4.78 is 11.1. The summed E-state index contributed by atoms with van der Waals surface area (Å²) in [7, 11) is 3.58. The number of rotatable bonds is 10. The van der Waals surface area contributed by atoms with Gasteiger partial charge in [0, 0.05) is 46.1 Å². The highest BCUT2D eigenvalue weighted by atomic mass is 16.5. The van der Waals surface area contributed by atoms with Crippen molar-refractivity contribution in [1.82, 2.24) is 15.6 Å². The van der Waals surface area contributed by atoms with Crippen molar-refractivity contribution in [2.24, 2.45) is 10.4 Å². The number of benzene rings is 1. The fourth-order valence-electron chi connectivity index (χ4n) is 3.56. The van der Waals surface area contributed by atoms with E-state index in [9.17, 15) is 0 Å². The monoisotopic (exact) mass is 396 g/mol. The highest BCUT2D eigenvalue weighted by Gasteiger charge is 2.36. The first kappa shape index (κ1) is 21.1. The highest BCUT2D eigenvalue weighted by molar-refractivity contribution is 5.79. The van der Waals surface area contributed by atoms with Crippen LogP contribution in [0.4, 0.5) is 0 Å². The molecule has 3 rings (SSSR count). The van der Waals surface area contributed by atoms with Crippen molar-refractivity contribution in [2.45, 2.75) is 38.8 Å². The van der Waals surface area contributed by atoms with Crippen LogP contribution in [0.3, 0.4) is 0 Å². The van der Waals surface area contributed by atoms with Crippen LogP contribution < -0.4 is 15.4 Å².